The maximum absolute atomic E-state index is 10.1. The number of ether oxygens (including phenoxy) is 4. The van der Waals surface area contributed by atoms with E-state index in [2.05, 4.69) is 111 Å². The van der Waals surface area contributed by atoms with Crippen LogP contribution in [0.5, 0.6) is 46.0 Å². The molecule has 8 aromatic rings. The van der Waals surface area contributed by atoms with Crippen LogP contribution in [-0.4, -0.2) is 32.5 Å². The SMILES string of the molecule is CCCCCCCCC(Oc1ccc(C(C)(C)c2ccc(O)cc2)cc1)C(Oc1ccc(C(C)(C)c2ccc(O)cc2)cc1)(Oc1ccc(C(C)(C)c2ccc(O)cc2)cc1)Oc1ccc(C(C)(C)c2ccc(O)cc2)cc1. The van der Waals surface area contributed by atoms with E-state index in [0.29, 0.717) is 29.4 Å². The Morgan fingerprint density at radius 2 is 0.513 bits per heavy atom. The minimum atomic E-state index is -1.94. The van der Waals surface area contributed by atoms with Crippen LogP contribution in [0.1, 0.15) is 152 Å². The summed E-state index contributed by atoms with van der Waals surface area (Å²) in [5.41, 5.74) is 6.82. The average Bonchev–Trinajstić information content (AvgIpc) is 3.45. The number of unbranched alkanes of at least 4 members (excludes halogenated alkanes) is 5. The second-order valence-electron chi connectivity index (χ2n) is 22.9. The van der Waals surface area contributed by atoms with E-state index in [1.165, 1.54) is 6.42 Å². The quantitative estimate of drug-likeness (QED) is 0.0349. The largest absolute Gasteiger partial charge is 0.508 e. The standard InChI is InChI=1S/C70H78O8/c1-10-11-12-13-14-15-16-65(75-61-41-25-53(26-42-61)66(2,3)49-17-33-57(71)34-18-49)70(76-62-43-27-54(28-44-62)67(4,5)50-19-35-58(72)36-20-50,77-63-45-29-55(30-46-63)68(6,7)51-21-37-59(73)38-22-51)78-64-47-31-56(32-48-64)69(8,9)52-23-39-60(74)40-24-52/h17-48,65,71-74H,10-16H2,1-9H3. The molecule has 0 aliphatic heterocycles. The van der Waals surface area contributed by atoms with E-state index < -0.39 is 28.3 Å². The van der Waals surface area contributed by atoms with Crippen LogP contribution >= 0.6 is 0 Å². The lowest BCUT2D eigenvalue weighted by Gasteiger charge is -2.39. The molecule has 0 radical (unpaired) electrons. The second kappa shape index (κ2) is 23.8. The molecule has 4 N–H and O–H groups in total. The zero-order valence-electron chi connectivity index (χ0n) is 46.9. The van der Waals surface area contributed by atoms with Gasteiger partial charge in [0, 0.05) is 21.7 Å². The van der Waals surface area contributed by atoms with E-state index in [9.17, 15) is 20.4 Å². The van der Waals surface area contributed by atoms with Crippen molar-refractivity contribution in [3.8, 4) is 46.0 Å². The van der Waals surface area contributed by atoms with Crippen molar-refractivity contribution in [1.82, 2.24) is 0 Å². The molecular formula is C70H78O8. The summed E-state index contributed by atoms with van der Waals surface area (Å²) in [6.45, 7) is 19.5. The van der Waals surface area contributed by atoms with Gasteiger partial charge in [-0.05, 0) is 154 Å². The lowest BCUT2D eigenvalue weighted by molar-refractivity contribution is -0.297. The lowest BCUT2D eigenvalue weighted by atomic mass is 9.78. The van der Waals surface area contributed by atoms with E-state index in [1.807, 2.05) is 97.1 Å². The molecule has 0 aromatic heterocycles. The topological polar surface area (TPSA) is 118 Å². The molecule has 8 aromatic carbocycles. The monoisotopic (exact) mass is 1050 g/mol. The highest BCUT2D eigenvalue weighted by molar-refractivity contribution is 5.46. The van der Waals surface area contributed by atoms with Gasteiger partial charge in [0.2, 0.25) is 6.10 Å². The number of hydrogen-bond donors (Lipinski definition) is 4. The van der Waals surface area contributed by atoms with Gasteiger partial charge in [-0.1, -0.05) is 191 Å². The van der Waals surface area contributed by atoms with Crippen molar-refractivity contribution in [2.45, 2.75) is 141 Å². The molecule has 0 bridgehead atoms. The molecule has 0 saturated carbocycles. The second-order valence-corrected chi connectivity index (χ2v) is 22.9. The zero-order chi connectivity index (χ0) is 55.7. The van der Waals surface area contributed by atoms with Gasteiger partial charge in [-0.2, -0.15) is 0 Å². The molecule has 0 fully saturated rings. The predicted molar refractivity (Wildman–Crippen MR) is 314 cm³/mol. The van der Waals surface area contributed by atoms with Gasteiger partial charge in [0.1, 0.15) is 46.0 Å². The number of hydrogen-bond acceptors (Lipinski definition) is 8. The molecule has 1 unspecified atom stereocenters. The molecule has 0 amide bonds. The summed E-state index contributed by atoms with van der Waals surface area (Å²) in [5, 5.41) is 40.5. The number of rotatable bonds is 24. The van der Waals surface area contributed by atoms with Crippen LogP contribution < -0.4 is 18.9 Å². The van der Waals surface area contributed by atoms with Gasteiger partial charge in [0.05, 0.1) is 0 Å². The molecule has 1 atom stereocenters. The minimum absolute atomic E-state index is 0.215. The molecule has 8 rings (SSSR count). The van der Waals surface area contributed by atoms with Crippen molar-refractivity contribution >= 4 is 0 Å². The molecule has 0 aliphatic carbocycles. The fourth-order valence-electron chi connectivity index (χ4n) is 10.3. The maximum Gasteiger partial charge on any atom is 0.456 e. The van der Waals surface area contributed by atoms with Crippen LogP contribution in [0.25, 0.3) is 0 Å². The first kappa shape index (κ1) is 56.4. The third kappa shape index (κ3) is 13.1. The van der Waals surface area contributed by atoms with Crippen LogP contribution in [0.15, 0.2) is 194 Å². The van der Waals surface area contributed by atoms with E-state index in [0.717, 1.165) is 76.6 Å². The first-order chi connectivity index (χ1) is 37.2. The summed E-state index contributed by atoms with van der Waals surface area (Å²) in [6.07, 6.45) is 5.96. The van der Waals surface area contributed by atoms with Gasteiger partial charge in [-0.25, -0.2) is 0 Å². The third-order valence-electron chi connectivity index (χ3n) is 15.9. The highest BCUT2D eigenvalue weighted by Gasteiger charge is 2.50. The summed E-state index contributed by atoms with van der Waals surface area (Å²) >= 11 is 0. The fourth-order valence-corrected chi connectivity index (χ4v) is 10.3. The Morgan fingerprint density at radius 1 is 0.295 bits per heavy atom. The lowest BCUT2D eigenvalue weighted by Crippen LogP contribution is -2.59. The van der Waals surface area contributed by atoms with Crippen molar-refractivity contribution in [2.24, 2.45) is 0 Å². The van der Waals surface area contributed by atoms with Crippen molar-refractivity contribution in [1.29, 1.82) is 0 Å². The van der Waals surface area contributed by atoms with Crippen LogP contribution in [0.2, 0.25) is 0 Å². The van der Waals surface area contributed by atoms with E-state index >= 15 is 0 Å². The van der Waals surface area contributed by atoms with Gasteiger partial charge in [0.15, 0.2) is 0 Å². The molecule has 78 heavy (non-hydrogen) atoms. The number of benzene rings is 8. The van der Waals surface area contributed by atoms with E-state index in [1.54, 1.807) is 48.5 Å². The van der Waals surface area contributed by atoms with E-state index in [4.69, 9.17) is 18.9 Å². The van der Waals surface area contributed by atoms with Gasteiger partial charge < -0.3 is 39.4 Å². The van der Waals surface area contributed by atoms with Crippen molar-refractivity contribution in [2.75, 3.05) is 0 Å². The van der Waals surface area contributed by atoms with Crippen molar-refractivity contribution in [3.63, 3.8) is 0 Å². The first-order valence-electron chi connectivity index (χ1n) is 27.5. The smallest absolute Gasteiger partial charge is 0.456 e. The average molecular weight is 1050 g/mol. The van der Waals surface area contributed by atoms with Gasteiger partial charge in [-0.3, -0.25) is 0 Å². The summed E-state index contributed by atoms with van der Waals surface area (Å²) in [5.74, 6) is 1.03. The predicted octanol–water partition coefficient (Wildman–Crippen LogP) is 17.2. The molecular weight excluding hydrogens is 969 g/mol. The number of aromatic hydroxyl groups is 4. The minimum Gasteiger partial charge on any atom is -0.508 e. The Bertz CT molecular complexity index is 2890. The molecule has 8 nitrogen and oxygen atoms in total. The van der Waals surface area contributed by atoms with E-state index in [-0.39, 0.29) is 28.4 Å². The van der Waals surface area contributed by atoms with Crippen LogP contribution in [-0.2, 0) is 21.7 Å². The molecule has 8 heteroatoms. The van der Waals surface area contributed by atoms with Crippen molar-refractivity contribution < 1.29 is 39.4 Å². The highest BCUT2D eigenvalue weighted by Crippen LogP contribution is 2.41. The molecule has 406 valence electrons. The molecule has 0 spiro atoms. The number of phenols is 4. The fraction of sp³-hybridized carbons (Fsp3) is 0.314. The molecule has 0 heterocycles. The zero-order valence-corrected chi connectivity index (χ0v) is 46.9. The summed E-state index contributed by atoms with van der Waals surface area (Å²) in [6, 6.07) is 61.6. The third-order valence-corrected chi connectivity index (χ3v) is 15.9. The van der Waals surface area contributed by atoms with Crippen molar-refractivity contribution in [3.05, 3.63) is 239 Å². The summed E-state index contributed by atoms with van der Waals surface area (Å²) < 4.78 is 29.4. The molecule has 0 aliphatic rings. The van der Waals surface area contributed by atoms with Gasteiger partial charge in [-0.15, -0.1) is 0 Å². The number of phenolic OH excluding ortho intramolecular Hbond substituents is 4. The normalized spacial score (nSPS) is 12.7. The molecule has 0 saturated heterocycles. The van der Waals surface area contributed by atoms with Gasteiger partial charge in [0.25, 0.3) is 0 Å². The summed E-state index contributed by atoms with van der Waals surface area (Å²) in [7, 11) is 0. The Kier molecular flexibility index (Phi) is 17.2. The maximum atomic E-state index is 10.1. The van der Waals surface area contributed by atoms with Crippen LogP contribution in [0.4, 0.5) is 0 Å². The Hall–Kier alpha value is -7.84. The Labute approximate surface area is 462 Å². The Morgan fingerprint density at radius 3 is 0.769 bits per heavy atom. The van der Waals surface area contributed by atoms with Crippen LogP contribution in [0, 0.1) is 0 Å². The van der Waals surface area contributed by atoms with Gasteiger partial charge >= 0.3 is 5.97 Å². The Balaban J connectivity index is 1.25. The van der Waals surface area contributed by atoms with Crippen LogP contribution in [0.3, 0.4) is 0 Å². The summed E-state index contributed by atoms with van der Waals surface area (Å²) in [4.78, 5) is 0. The first-order valence-corrected chi connectivity index (χ1v) is 27.5. The highest BCUT2D eigenvalue weighted by atomic mass is 16.9.